The summed E-state index contributed by atoms with van der Waals surface area (Å²) >= 11 is 6.13. The summed E-state index contributed by atoms with van der Waals surface area (Å²) < 4.78 is 7.45. The molecule has 0 amide bonds. The Hall–Kier alpha value is -2.30. The molecule has 0 fully saturated rings. The molecule has 4 rings (SSSR count). The molecule has 0 saturated heterocycles. The third-order valence-corrected chi connectivity index (χ3v) is 5.88. The van der Waals surface area contributed by atoms with Crippen molar-refractivity contribution in [1.82, 2.24) is 19.4 Å². The van der Waals surface area contributed by atoms with Gasteiger partial charge in [0.25, 0.3) is 5.56 Å². The first-order chi connectivity index (χ1) is 13.1. The van der Waals surface area contributed by atoms with Crippen LogP contribution in [0.15, 0.2) is 56.5 Å². The summed E-state index contributed by atoms with van der Waals surface area (Å²) in [5, 5.41) is 3.60. The van der Waals surface area contributed by atoms with Crippen molar-refractivity contribution < 1.29 is 9.53 Å². The van der Waals surface area contributed by atoms with Crippen LogP contribution in [-0.2, 0) is 16.1 Å². The molecule has 0 saturated carbocycles. The van der Waals surface area contributed by atoms with Crippen molar-refractivity contribution in [2.75, 3.05) is 5.75 Å². The smallest absolute Gasteiger partial charge is 0.316 e. The van der Waals surface area contributed by atoms with E-state index in [-0.39, 0.29) is 17.9 Å². The minimum absolute atomic E-state index is 0.0567. The van der Waals surface area contributed by atoms with Gasteiger partial charge in [-0.25, -0.2) is 15.0 Å². The topological polar surface area (TPSA) is 86.5 Å². The molecule has 0 unspecified atom stereocenters. The summed E-state index contributed by atoms with van der Waals surface area (Å²) in [6.07, 6.45) is 3.13. The van der Waals surface area contributed by atoms with Crippen LogP contribution in [0, 0.1) is 0 Å². The van der Waals surface area contributed by atoms with Crippen LogP contribution in [0.1, 0.15) is 5.69 Å². The van der Waals surface area contributed by atoms with Crippen LogP contribution >= 0.6 is 39.0 Å². The molecular weight excluding hydrogens is 452 g/mol. The second-order valence-electron chi connectivity index (χ2n) is 5.43. The summed E-state index contributed by atoms with van der Waals surface area (Å²) in [5.41, 5.74) is 0.664. The van der Waals surface area contributed by atoms with Crippen molar-refractivity contribution in [2.45, 2.75) is 11.6 Å². The number of halogens is 1. The highest BCUT2D eigenvalue weighted by atomic mass is 79.9. The van der Waals surface area contributed by atoms with Gasteiger partial charge in [-0.05, 0) is 39.5 Å². The van der Waals surface area contributed by atoms with E-state index in [0.29, 0.717) is 11.3 Å². The van der Waals surface area contributed by atoms with Gasteiger partial charge < -0.3 is 4.74 Å². The highest BCUT2D eigenvalue weighted by Gasteiger charge is 2.11. The van der Waals surface area contributed by atoms with E-state index in [1.165, 1.54) is 39.9 Å². The van der Waals surface area contributed by atoms with E-state index in [0.717, 1.165) is 19.7 Å². The molecule has 0 radical (unpaired) electrons. The lowest BCUT2D eigenvalue weighted by Gasteiger charge is -2.06. The number of nitrogens with zero attached hydrogens (tertiary/aromatic N) is 4. The third-order valence-electron chi connectivity index (χ3n) is 3.61. The predicted octanol–water partition coefficient (Wildman–Crippen LogP) is 3.30. The Kier molecular flexibility index (Phi) is 5.19. The molecule has 4 aromatic heterocycles. The number of carbonyl (C=O) groups is 1. The summed E-state index contributed by atoms with van der Waals surface area (Å²) in [6, 6.07) is 6.80. The van der Waals surface area contributed by atoms with E-state index in [9.17, 15) is 9.59 Å². The van der Waals surface area contributed by atoms with Gasteiger partial charge in [0.2, 0.25) is 0 Å². The number of fused-ring (bicyclic) bond motifs is 2. The number of thiophene rings is 1. The average molecular weight is 463 g/mol. The molecule has 136 valence electrons. The monoisotopic (exact) mass is 462 g/mol. The molecule has 0 aliphatic rings. The van der Waals surface area contributed by atoms with Gasteiger partial charge in [-0.15, -0.1) is 11.3 Å². The minimum atomic E-state index is -0.403. The molecule has 0 N–H and O–H groups in total. The summed E-state index contributed by atoms with van der Waals surface area (Å²) in [5.74, 6) is -0.290. The quantitative estimate of drug-likeness (QED) is 0.255. The SMILES string of the molecule is O=C(CSc1ncnc2sccc12)OCc1cc(=O)n2cc(Br)ccc2n1. The summed E-state index contributed by atoms with van der Waals surface area (Å²) in [7, 11) is 0. The van der Waals surface area contributed by atoms with Crippen LogP contribution < -0.4 is 5.56 Å². The molecule has 4 heterocycles. The van der Waals surface area contributed by atoms with Gasteiger partial charge in [0, 0.05) is 22.1 Å². The first-order valence-electron chi connectivity index (χ1n) is 7.74. The van der Waals surface area contributed by atoms with Crippen molar-refractivity contribution in [3.63, 3.8) is 0 Å². The van der Waals surface area contributed by atoms with Crippen molar-refractivity contribution in [3.8, 4) is 0 Å². The number of ether oxygens (including phenoxy) is 1. The van der Waals surface area contributed by atoms with Gasteiger partial charge in [-0.3, -0.25) is 14.0 Å². The maximum absolute atomic E-state index is 12.2. The lowest BCUT2D eigenvalue weighted by molar-refractivity contribution is -0.141. The molecule has 7 nitrogen and oxygen atoms in total. The Morgan fingerprint density at radius 2 is 2.19 bits per heavy atom. The molecule has 0 spiro atoms. The average Bonchev–Trinajstić information content (AvgIpc) is 3.14. The normalized spacial score (nSPS) is 11.1. The van der Waals surface area contributed by atoms with E-state index in [4.69, 9.17) is 4.74 Å². The Bertz CT molecular complexity index is 1210. The molecule has 27 heavy (non-hydrogen) atoms. The number of thioether (sulfide) groups is 1. The van der Waals surface area contributed by atoms with Crippen LogP contribution in [0.4, 0.5) is 0 Å². The number of carbonyl (C=O) groups excluding carboxylic acids is 1. The molecule has 0 bridgehead atoms. The van der Waals surface area contributed by atoms with Gasteiger partial charge >= 0.3 is 5.97 Å². The first-order valence-corrected chi connectivity index (χ1v) is 10.4. The zero-order chi connectivity index (χ0) is 18.8. The number of rotatable bonds is 5. The van der Waals surface area contributed by atoms with Crippen LogP contribution in [0.25, 0.3) is 15.9 Å². The van der Waals surface area contributed by atoms with Gasteiger partial charge in [0.05, 0.1) is 11.4 Å². The molecular formula is C17H11BrN4O3S2. The van der Waals surface area contributed by atoms with Crippen molar-refractivity contribution in [3.05, 3.63) is 62.7 Å². The lowest BCUT2D eigenvalue weighted by Crippen LogP contribution is -2.17. The zero-order valence-corrected chi connectivity index (χ0v) is 16.9. The van der Waals surface area contributed by atoms with E-state index in [1.54, 1.807) is 18.3 Å². The molecule has 0 aliphatic carbocycles. The highest BCUT2D eigenvalue weighted by molar-refractivity contribution is 9.10. The maximum Gasteiger partial charge on any atom is 0.316 e. The molecule has 4 aromatic rings. The van der Waals surface area contributed by atoms with Crippen molar-refractivity contribution in [2.24, 2.45) is 0 Å². The standard InChI is InChI=1S/C17H11BrN4O3S2/c18-10-1-2-13-21-11(5-14(23)22(13)6-10)7-25-15(24)8-27-17-12-3-4-26-16(12)19-9-20-17/h1-6,9H,7-8H2. The predicted molar refractivity (Wildman–Crippen MR) is 107 cm³/mol. The van der Waals surface area contributed by atoms with E-state index < -0.39 is 5.97 Å². The van der Waals surface area contributed by atoms with Gasteiger partial charge in [0.1, 0.15) is 28.4 Å². The van der Waals surface area contributed by atoms with Crippen LogP contribution in [0.2, 0.25) is 0 Å². The third kappa shape index (κ3) is 4.02. The Labute approximate surface area is 169 Å². The Morgan fingerprint density at radius 3 is 3.07 bits per heavy atom. The van der Waals surface area contributed by atoms with Crippen LogP contribution in [0.3, 0.4) is 0 Å². The molecule has 0 atom stereocenters. The number of hydrogen-bond donors (Lipinski definition) is 0. The number of aromatic nitrogens is 4. The lowest BCUT2D eigenvalue weighted by atomic mass is 10.4. The summed E-state index contributed by atoms with van der Waals surface area (Å²) in [6.45, 7) is -0.0567. The van der Waals surface area contributed by atoms with Crippen LogP contribution in [0.5, 0.6) is 0 Å². The largest absolute Gasteiger partial charge is 0.459 e. The number of esters is 1. The fourth-order valence-corrected chi connectivity index (χ4v) is 4.32. The number of hydrogen-bond acceptors (Lipinski definition) is 8. The molecule has 10 heteroatoms. The van der Waals surface area contributed by atoms with E-state index in [2.05, 4.69) is 30.9 Å². The van der Waals surface area contributed by atoms with E-state index in [1.807, 2.05) is 11.4 Å². The molecule has 0 aliphatic heterocycles. The van der Waals surface area contributed by atoms with Gasteiger partial charge in [-0.1, -0.05) is 11.8 Å². The molecule has 0 aromatic carbocycles. The Morgan fingerprint density at radius 1 is 1.30 bits per heavy atom. The zero-order valence-electron chi connectivity index (χ0n) is 13.7. The fourth-order valence-electron chi connectivity index (χ4n) is 2.41. The number of pyridine rings is 1. The second kappa shape index (κ2) is 7.75. The summed E-state index contributed by atoms with van der Waals surface area (Å²) in [4.78, 5) is 37.8. The fraction of sp³-hybridized carbons (Fsp3) is 0.118. The van der Waals surface area contributed by atoms with Gasteiger partial charge in [0.15, 0.2) is 0 Å². The first kappa shape index (κ1) is 18.1. The minimum Gasteiger partial charge on any atom is -0.459 e. The maximum atomic E-state index is 12.2. The van der Waals surface area contributed by atoms with Crippen molar-refractivity contribution in [1.29, 1.82) is 0 Å². The van der Waals surface area contributed by atoms with Crippen molar-refractivity contribution >= 4 is 60.9 Å². The highest BCUT2D eigenvalue weighted by Crippen LogP contribution is 2.27. The van der Waals surface area contributed by atoms with Gasteiger partial charge in [-0.2, -0.15) is 0 Å². The van der Waals surface area contributed by atoms with E-state index >= 15 is 0 Å². The van der Waals surface area contributed by atoms with Crippen LogP contribution in [-0.4, -0.2) is 31.1 Å². The second-order valence-corrected chi connectivity index (χ2v) is 8.20. The Balaban J connectivity index is 1.40.